The lowest BCUT2D eigenvalue weighted by Gasteiger charge is -2.40. The molecule has 0 radical (unpaired) electrons. The molecule has 35 heavy (non-hydrogen) atoms. The highest BCUT2D eigenvalue weighted by Crippen LogP contribution is 2.25. The molecule has 0 aliphatic carbocycles. The van der Waals surface area contributed by atoms with Crippen molar-refractivity contribution >= 4 is 27.9 Å². The van der Waals surface area contributed by atoms with Gasteiger partial charge in [-0.25, -0.2) is 9.59 Å². The number of piperidine rings is 1. The van der Waals surface area contributed by atoms with E-state index in [-0.39, 0.29) is 0 Å². The highest BCUT2D eigenvalue weighted by Gasteiger charge is 2.38. The van der Waals surface area contributed by atoms with Gasteiger partial charge in [0.1, 0.15) is 5.75 Å². The quantitative estimate of drug-likeness (QED) is 0.463. The van der Waals surface area contributed by atoms with Gasteiger partial charge < -0.3 is 20.1 Å². The average Bonchev–Trinajstić information content (AvgIpc) is 2.77. The summed E-state index contributed by atoms with van der Waals surface area (Å²) in [5.41, 5.74) is 1.01. The van der Waals surface area contributed by atoms with Crippen LogP contribution in [0.15, 0.2) is 22.7 Å². The third kappa shape index (κ3) is 11.9. The van der Waals surface area contributed by atoms with E-state index in [0.717, 1.165) is 56.0 Å². The SMILES string of the molecule is O=C(O)C(F)(F)F.O=C(O)C(F)(F)F.Oc1ccc(Br)cc1CN1CCC(N2CCOCC2)CC1. The number of carbonyl (C=O) groups is 2. The minimum absolute atomic E-state index is 0.397. The summed E-state index contributed by atoms with van der Waals surface area (Å²) in [6, 6.07) is 6.37. The maximum atomic E-state index is 10.6. The van der Waals surface area contributed by atoms with E-state index in [0.29, 0.717) is 11.8 Å². The average molecular weight is 583 g/mol. The van der Waals surface area contributed by atoms with Crippen LogP contribution in [0.5, 0.6) is 5.75 Å². The molecule has 1 aromatic rings. The lowest BCUT2D eigenvalue weighted by Crippen LogP contribution is -2.48. The maximum Gasteiger partial charge on any atom is 0.490 e. The number of carboxylic acid groups (broad SMARTS) is 2. The van der Waals surface area contributed by atoms with Crippen LogP contribution in [0.25, 0.3) is 0 Å². The zero-order valence-corrected chi connectivity index (χ0v) is 19.9. The third-order valence-corrected chi connectivity index (χ3v) is 5.53. The molecule has 3 N–H and O–H groups in total. The number of nitrogens with zero attached hydrogens (tertiary/aromatic N) is 2. The second kappa shape index (κ2) is 13.8. The van der Waals surface area contributed by atoms with Crippen LogP contribution < -0.4 is 0 Å². The standard InChI is InChI=1S/C16H23BrN2O2.2C2HF3O2/c17-14-1-2-16(20)13(11-14)12-18-5-3-15(4-6-18)19-7-9-21-10-8-19;2*3-2(4,5)1(6)7/h1-2,11,15,20H,3-10,12H2;2*(H,6,7). The van der Waals surface area contributed by atoms with E-state index in [1.54, 1.807) is 6.07 Å². The zero-order chi connectivity index (χ0) is 26.8. The number of carboxylic acids is 2. The Kier molecular flexibility index (Phi) is 12.2. The maximum absolute atomic E-state index is 10.6. The zero-order valence-electron chi connectivity index (χ0n) is 18.3. The molecule has 2 fully saturated rings. The van der Waals surface area contributed by atoms with Crippen LogP contribution in [0.1, 0.15) is 18.4 Å². The first-order valence-corrected chi connectivity index (χ1v) is 11.0. The molecule has 0 saturated carbocycles. The van der Waals surface area contributed by atoms with E-state index in [2.05, 4.69) is 25.7 Å². The Hall–Kier alpha value is -2.10. The molecule has 8 nitrogen and oxygen atoms in total. The Bertz CT molecular complexity index is 801. The number of alkyl halides is 6. The summed E-state index contributed by atoms with van der Waals surface area (Å²) < 4.78 is 69.9. The molecule has 0 spiro atoms. The van der Waals surface area contributed by atoms with Gasteiger partial charge in [-0.2, -0.15) is 26.3 Å². The number of aromatic hydroxyl groups is 1. The molecule has 0 atom stereocenters. The lowest BCUT2D eigenvalue weighted by molar-refractivity contribution is -0.193. The topological polar surface area (TPSA) is 111 Å². The molecule has 200 valence electrons. The molecular weight excluding hydrogens is 558 g/mol. The Balaban J connectivity index is 0.000000362. The molecule has 15 heteroatoms. The number of rotatable bonds is 3. The van der Waals surface area contributed by atoms with Crippen LogP contribution in [-0.4, -0.2) is 94.8 Å². The van der Waals surface area contributed by atoms with Gasteiger partial charge in [-0.15, -0.1) is 0 Å². The Morgan fingerprint density at radius 3 is 1.83 bits per heavy atom. The number of benzene rings is 1. The smallest absolute Gasteiger partial charge is 0.490 e. The van der Waals surface area contributed by atoms with Gasteiger partial charge in [0.15, 0.2) is 0 Å². The van der Waals surface area contributed by atoms with Crippen molar-refractivity contribution < 1.29 is 56.0 Å². The molecule has 2 saturated heterocycles. The summed E-state index contributed by atoms with van der Waals surface area (Å²) in [5, 5.41) is 24.2. The molecule has 0 unspecified atom stereocenters. The van der Waals surface area contributed by atoms with E-state index in [1.807, 2.05) is 12.1 Å². The second-order valence-corrected chi connectivity index (χ2v) is 8.45. The Morgan fingerprint density at radius 2 is 1.40 bits per heavy atom. The van der Waals surface area contributed by atoms with E-state index in [1.165, 1.54) is 12.8 Å². The fourth-order valence-corrected chi connectivity index (χ4v) is 3.72. The molecule has 2 aliphatic heterocycles. The van der Waals surface area contributed by atoms with Gasteiger partial charge in [0.2, 0.25) is 0 Å². The summed E-state index contributed by atoms with van der Waals surface area (Å²) in [6.45, 7) is 6.97. The van der Waals surface area contributed by atoms with Crippen LogP contribution in [0.4, 0.5) is 26.3 Å². The van der Waals surface area contributed by atoms with E-state index >= 15 is 0 Å². The summed E-state index contributed by atoms with van der Waals surface area (Å²) in [5.74, 6) is -5.12. The van der Waals surface area contributed by atoms with Gasteiger partial charge in [0.05, 0.1) is 13.2 Å². The number of phenols is 1. The number of morpholine rings is 1. The van der Waals surface area contributed by atoms with Crippen molar-refractivity contribution in [2.75, 3.05) is 39.4 Å². The van der Waals surface area contributed by atoms with E-state index in [4.69, 9.17) is 24.5 Å². The van der Waals surface area contributed by atoms with Crippen molar-refractivity contribution in [1.82, 2.24) is 9.80 Å². The molecule has 2 aliphatic rings. The van der Waals surface area contributed by atoms with E-state index < -0.39 is 24.3 Å². The van der Waals surface area contributed by atoms with Gasteiger partial charge in [-0.1, -0.05) is 15.9 Å². The summed E-state index contributed by atoms with van der Waals surface area (Å²) in [4.78, 5) is 22.8. The number of ether oxygens (including phenoxy) is 1. The number of likely N-dealkylation sites (tertiary alicyclic amines) is 1. The van der Waals surface area contributed by atoms with Crippen molar-refractivity contribution in [3.05, 3.63) is 28.2 Å². The fourth-order valence-electron chi connectivity index (χ4n) is 3.31. The molecule has 0 aromatic heterocycles. The molecule has 1 aromatic carbocycles. The minimum Gasteiger partial charge on any atom is -0.508 e. The van der Waals surface area contributed by atoms with Crippen molar-refractivity contribution in [2.24, 2.45) is 0 Å². The second-order valence-electron chi connectivity index (χ2n) is 7.53. The molecular formula is C20H25BrF6N2O6. The summed E-state index contributed by atoms with van der Waals surface area (Å²) >= 11 is 3.47. The van der Waals surface area contributed by atoms with Crippen molar-refractivity contribution in [3.8, 4) is 5.75 Å². The number of hydrogen-bond acceptors (Lipinski definition) is 6. The Labute approximate surface area is 205 Å². The van der Waals surface area contributed by atoms with Gasteiger partial charge in [-0.05, 0) is 44.1 Å². The van der Waals surface area contributed by atoms with Crippen LogP contribution in [0.2, 0.25) is 0 Å². The van der Waals surface area contributed by atoms with E-state index in [9.17, 15) is 31.4 Å². The highest BCUT2D eigenvalue weighted by molar-refractivity contribution is 9.10. The number of hydrogen-bond donors (Lipinski definition) is 3. The Morgan fingerprint density at radius 1 is 0.943 bits per heavy atom. The van der Waals surface area contributed by atoms with Gasteiger partial charge in [-0.3, -0.25) is 9.80 Å². The summed E-state index contributed by atoms with van der Waals surface area (Å²) in [7, 11) is 0. The lowest BCUT2D eigenvalue weighted by atomic mass is 10.0. The normalized spacial score (nSPS) is 18.0. The van der Waals surface area contributed by atoms with Crippen LogP contribution in [0, 0.1) is 0 Å². The number of phenolic OH excluding ortho intramolecular Hbond substituents is 1. The summed E-state index contributed by atoms with van der Waals surface area (Å²) in [6.07, 6.45) is -7.73. The minimum atomic E-state index is -5.08. The first-order valence-electron chi connectivity index (χ1n) is 10.2. The number of halogens is 7. The van der Waals surface area contributed by atoms with Gasteiger partial charge in [0.25, 0.3) is 0 Å². The van der Waals surface area contributed by atoms with Crippen LogP contribution in [-0.2, 0) is 20.9 Å². The van der Waals surface area contributed by atoms with Gasteiger partial charge >= 0.3 is 24.3 Å². The predicted molar refractivity (Wildman–Crippen MR) is 114 cm³/mol. The van der Waals surface area contributed by atoms with Crippen LogP contribution in [0.3, 0.4) is 0 Å². The van der Waals surface area contributed by atoms with Gasteiger partial charge in [0, 0.05) is 35.7 Å². The molecule has 2 heterocycles. The first-order chi connectivity index (χ1) is 16.1. The largest absolute Gasteiger partial charge is 0.508 e. The highest BCUT2D eigenvalue weighted by atomic mass is 79.9. The first kappa shape index (κ1) is 30.9. The third-order valence-electron chi connectivity index (χ3n) is 5.04. The van der Waals surface area contributed by atoms with Crippen molar-refractivity contribution in [1.29, 1.82) is 0 Å². The van der Waals surface area contributed by atoms with Crippen LogP contribution >= 0.6 is 15.9 Å². The van der Waals surface area contributed by atoms with Crippen molar-refractivity contribution in [3.63, 3.8) is 0 Å². The number of aliphatic carboxylic acids is 2. The molecule has 0 bridgehead atoms. The van der Waals surface area contributed by atoms with Crippen molar-refractivity contribution in [2.45, 2.75) is 37.8 Å². The predicted octanol–water partition coefficient (Wildman–Crippen LogP) is 3.72. The molecule has 0 amide bonds. The molecule has 3 rings (SSSR count). The monoisotopic (exact) mass is 582 g/mol. The fraction of sp³-hybridized carbons (Fsp3) is 0.600.